The lowest BCUT2D eigenvalue weighted by Crippen LogP contribution is -2.60. The van der Waals surface area contributed by atoms with Gasteiger partial charge in [0.2, 0.25) is 5.91 Å². The largest absolute Gasteiger partial charge is 0.481 e. The Balaban J connectivity index is 1.25. The zero-order chi connectivity index (χ0) is 24.6. The quantitative estimate of drug-likeness (QED) is 0.664. The average Bonchev–Trinajstić information content (AvgIpc) is 3.12. The molecule has 0 saturated carbocycles. The van der Waals surface area contributed by atoms with Crippen molar-refractivity contribution in [1.29, 1.82) is 0 Å². The van der Waals surface area contributed by atoms with Crippen molar-refractivity contribution >= 4 is 18.0 Å². The van der Waals surface area contributed by atoms with Crippen LogP contribution < -0.4 is 5.32 Å². The van der Waals surface area contributed by atoms with Crippen molar-refractivity contribution in [2.24, 2.45) is 5.92 Å². The van der Waals surface area contributed by atoms with E-state index in [1.165, 1.54) is 11.1 Å². The fourth-order valence-corrected chi connectivity index (χ4v) is 5.48. The lowest BCUT2D eigenvalue weighted by atomic mass is 9.83. The van der Waals surface area contributed by atoms with E-state index in [2.05, 4.69) is 34.5 Å². The maximum atomic E-state index is 13.0. The van der Waals surface area contributed by atoms with Crippen LogP contribution in [0.15, 0.2) is 48.5 Å². The van der Waals surface area contributed by atoms with Gasteiger partial charge in [-0.15, -0.1) is 0 Å². The molecule has 0 aromatic heterocycles. The molecule has 8 heteroatoms. The first-order chi connectivity index (χ1) is 16.8. The van der Waals surface area contributed by atoms with Crippen LogP contribution >= 0.6 is 0 Å². The molecule has 1 aliphatic carbocycles. The number of benzene rings is 2. The zero-order valence-corrected chi connectivity index (χ0v) is 19.9. The summed E-state index contributed by atoms with van der Waals surface area (Å²) in [6, 6.07) is 16.4. The number of carboxylic acid groups (broad SMARTS) is 1. The van der Waals surface area contributed by atoms with E-state index in [0.29, 0.717) is 12.8 Å². The third-order valence-electron chi connectivity index (χ3n) is 7.73. The number of carboxylic acids is 1. The number of alkyl carbamates (subject to hydrolysis) is 1. The summed E-state index contributed by atoms with van der Waals surface area (Å²) in [4.78, 5) is 40.7. The van der Waals surface area contributed by atoms with E-state index in [9.17, 15) is 14.4 Å². The molecule has 2 aliphatic heterocycles. The molecular weight excluding hydrogens is 446 g/mol. The molecule has 184 valence electrons. The van der Waals surface area contributed by atoms with Crippen LogP contribution in [0, 0.1) is 5.92 Å². The molecule has 2 saturated heterocycles. The van der Waals surface area contributed by atoms with Crippen LogP contribution in [0.25, 0.3) is 11.1 Å². The molecule has 5 rings (SSSR count). The number of rotatable bonds is 6. The Morgan fingerprint density at radius 1 is 1.00 bits per heavy atom. The van der Waals surface area contributed by atoms with Gasteiger partial charge in [0, 0.05) is 32.1 Å². The molecule has 8 nitrogen and oxygen atoms in total. The smallest absolute Gasteiger partial charge is 0.407 e. The number of aliphatic carboxylic acids is 1. The molecule has 2 aromatic carbocycles. The Labute approximate surface area is 204 Å². The molecule has 0 spiro atoms. The summed E-state index contributed by atoms with van der Waals surface area (Å²) >= 11 is 0. The minimum Gasteiger partial charge on any atom is -0.481 e. The number of ether oxygens (including phenoxy) is 1. The van der Waals surface area contributed by atoms with E-state index in [-0.39, 0.29) is 37.9 Å². The Morgan fingerprint density at radius 2 is 1.57 bits per heavy atom. The van der Waals surface area contributed by atoms with E-state index in [0.717, 1.165) is 24.2 Å². The first kappa shape index (κ1) is 23.4. The number of fused-ring (bicyclic) bond motifs is 3. The molecule has 2 heterocycles. The summed E-state index contributed by atoms with van der Waals surface area (Å²) < 4.78 is 5.76. The summed E-state index contributed by atoms with van der Waals surface area (Å²) in [6.45, 7) is 2.20. The molecular formula is C27H31N3O5. The van der Waals surface area contributed by atoms with E-state index in [1.54, 1.807) is 4.90 Å². The van der Waals surface area contributed by atoms with Crippen LogP contribution in [0.1, 0.15) is 36.3 Å². The molecule has 3 aliphatic rings. The van der Waals surface area contributed by atoms with Crippen LogP contribution in [0.4, 0.5) is 4.79 Å². The van der Waals surface area contributed by atoms with Crippen molar-refractivity contribution in [2.75, 3.05) is 39.8 Å². The first-order valence-electron chi connectivity index (χ1n) is 12.2. The van der Waals surface area contributed by atoms with Gasteiger partial charge in [-0.1, -0.05) is 48.5 Å². The Kier molecular flexibility index (Phi) is 6.23. The van der Waals surface area contributed by atoms with Crippen molar-refractivity contribution in [3.05, 3.63) is 59.7 Å². The van der Waals surface area contributed by atoms with Gasteiger partial charge in [-0.2, -0.15) is 0 Å². The minimum absolute atomic E-state index is 0.0303. The number of nitrogens with zero attached hydrogens (tertiary/aromatic N) is 2. The van der Waals surface area contributed by atoms with Crippen LogP contribution in [0.5, 0.6) is 0 Å². The lowest BCUT2D eigenvalue weighted by molar-refractivity contribution is -0.153. The Bertz CT molecular complexity index is 1090. The van der Waals surface area contributed by atoms with Gasteiger partial charge in [0.05, 0.1) is 17.9 Å². The third kappa shape index (κ3) is 4.62. The number of carbonyl (C=O) groups is 3. The summed E-state index contributed by atoms with van der Waals surface area (Å²) in [6.07, 6.45) is 0.902. The summed E-state index contributed by atoms with van der Waals surface area (Å²) in [5.41, 5.74) is 3.95. The van der Waals surface area contributed by atoms with Gasteiger partial charge in [-0.05, 0) is 42.1 Å². The van der Waals surface area contributed by atoms with Gasteiger partial charge in [0.1, 0.15) is 6.61 Å². The van der Waals surface area contributed by atoms with Gasteiger partial charge < -0.3 is 25.0 Å². The highest BCUT2D eigenvalue weighted by Gasteiger charge is 2.42. The number of hydrogen-bond acceptors (Lipinski definition) is 5. The summed E-state index contributed by atoms with van der Waals surface area (Å²) in [5.74, 6) is -1.52. The molecule has 2 aromatic rings. The normalized spacial score (nSPS) is 19.4. The third-order valence-corrected chi connectivity index (χ3v) is 7.73. The summed E-state index contributed by atoms with van der Waals surface area (Å²) in [7, 11) is 2.02. The molecule has 0 atom stereocenters. The Hall–Kier alpha value is -3.39. The topological polar surface area (TPSA) is 99.2 Å². The van der Waals surface area contributed by atoms with Gasteiger partial charge in [0.15, 0.2) is 0 Å². The van der Waals surface area contributed by atoms with Crippen molar-refractivity contribution in [3.63, 3.8) is 0 Å². The van der Waals surface area contributed by atoms with Gasteiger partial charge in [-0.25, -0.2) is 4.79 Å². The van der Waals surface area contributed by atoms with Crippen molar-refractivity contribution in [1.82, 2.24) is 15.1 Å². The number of piperidine rings is 1. The second-order valence-corrected chi connectivity index (χ2v) is 10.0. The van der Waals surface area contributed by atoms with E-state index in [4.69, 9.17) is 9.84 Å². The standard InChI is InChI=1S/C27H31N3O5/c1-29-12-10-27(11-13-29,14-24(31)30-15-18(16-30)25(32)33)28-26(34)35-17-23-21-8-4-2-6-19(21)20-7-3-5-9-22(20)23/h2-9,18,23H,10-17H2,1H3,(H,28,34)(H,32,33). The van der Waals surface area contributed by atoms with E-state index in [1.807, 2.05) is 31.3 Å². The lowest BCUT2D eigenvalue weighted by Gasteiger charge is -2.43. The minimum atomic E-state index is -0.875. The maximum Gasteiger partial charge on any atom is 0.407 e. The van der Waals surface area contributed by atoms with Crippen LogP contribution in [0.3, 0.4) is 0 Å². The number of carbonyl (C=O) groups excluding carboxylic acids is 2. The van der Waals surface area contributed by atoms with Crippen LogP contribution in [-0.2, 0) is 14.3 Å². The van der Waals surface area contributed by atoms with Crippen LogP contribution in [0.2, 0.25) is 0 Å². The average molecular weight is 478 g/mol. The first-order valence-corrected chi connectivity index (χ1v) is 12.2. The van der Waals surface area contributed by atoms with Crippen LogP contribution in [-0.4, -0.2) is 78.2 Å². The molecule has 0 bridgehead atoms. The number of hydrogen-bond donors (Lipinski definition) is 2. The molecule has 0 radical (unpaired) electrons. The predicted molar refractivity (Wildman–Crippen MR) is 130 cm³/mol. The number of nitrogens with one attached hydrogen (secondary N) is 1. The monoisotopic (exact) mass is 477 g/mol. The van der Waals surface area contributed by atoms with Crippen molar-refractivity contribution in [2.45, 2.75) is 30.7 Å². The van der Waals surface area contributed by atoms with Crippen molar-refractivity contribution < 1.29 is 24.2 Å². The SMILES string of the molecule is CN1CCC(CC(=O)N2CC(C(=O)O)C2)(NC(=O)OCC2c3ccccc3-c3ccccc32)CC1. The zero-order valence-electron chi connectivity index (χ0n) is 19.9. The van der Waals surface area contributed by atoms with Gasteiger partial charge in [-0.3, -0.25) is 9.59 Å². The number of likely N-dealkylation sites (tertiary alicyclic amines) is 2. The van der Waals surface area contributed by atoms with Crippen molar-refractivity contribution in [3.8, 4) is 11.1 Å². The predicted octanol–water partition coefficient (Wildman–Crippen LogP) is 2.92. The maximum absolute atomic E-state index is 13.0. The van der Waals surface area contributed by atoms with E-state index < -0.39 is 23.5 Å². The molecule has 2 amide bonds. The second-order valence-electron chi connectivity index (χ2n) is 10.0. The molecule has 35 heavy (non-hydrogen) atoms. The van der Waals surface area contributed by atoms with E-state index >= 15 is 0 Å². The fourth-order valence-electron chi connectivity index (χ4n) is 5.48. The highest BCUT2D eigenvalue weighted by atomic mass is 16.5. The molecule has 2 N–H and O–H groups in total. The fraction of sp³-hybridized carbons (Fsp3) is 0.444. The van der Waals surface area contributed by atoms with Gasteiger partial charge >= 0.3 is 12.1 Å². The number of amides is 2. The highest BCUT2D eigenvalue weighted by Crippen LogP contribution is 2.44. The highest BCUT2D eigenvalue weighted by molar-refractivity contribution is 5.83. The summed E-state index contributed by atoms with van der Waals surface area (Å²) in [5, 5.41) is 12.1. The molecule has 2 fully saturated rings. The van der Waals surface area contributed by atoms with Gasteiger partial charge in [0.25, 0.3) is 0 Å². The Morgan fingerprint density at radius 3 is 2.14 bits per heavy atom. The second kappa shape index (κ2) is 9.34. The molecule has 0 unspecified atom stereocenters.